The first kappa shape index (κ1) is 16.9. The Hall–Kier alpha value is -3.58. The number of rotatable bonds is 5. The lowest BCUT2D eigenvalue weighted by Crippen LogP contribution is -1.99. The van der Waals surface area contributed by atoms with Gasteiger partial charge in [0, 0.05) is 29.0 Å². The molecule has 7 nitrogen and oxygen atoms in total. The number of pyridine rings is 1. The molecule has 2 aromatic carbocycles. The number of benzene rings is 2. The van der Waals surface area contributed by atoms with E-state index in [9.17, 15) is 4.79 Å². The van der Waals surface area contributed by atoms with E-state index in [0.717, 1.165) is 5.69 Å². The van der Waals surface area contributed by atoms with Gasteiger partial charge in [-0.1, -0.05) is 11.6 Å². The zero-order chi connectivity index (χ0) is 18.8. The SMILES string of the molecule is O=C(O)c1cc(Oc2ccc3oc(Nc4ccc(Cl)cc4)nc3c2)ccn1. The fourth-order valence-corrected chi connectivity index (χ4v) is 2.53. The number of ether oxygens (including phenoxy) is 1. The van der Waals surface area contributed by atoms with Crippen molar-refractivity contribution in [2.45, 2.75) is 0 Å². The number of oxazole rings is 1. The Bertz CT molecular complexity index is 1130. The van der Waals surface area contributed by atoms with Crippen LogP contribution in [0.1, 0.15) is 10.5 Å². The molecule has 2 N–H and O–H groups in total. The van der Waals surface area contributed by atoms with Crippen LogP contribution in [0.2, 0.25) is 5.02 Å². The average molecular weight is 382 g/mol. The lowest BCUT2D eigenvalue weighted by molar-refractivity contribution is 0.0690. The van der Waals surface area contributed by atoms with Crippen LogP contribution >= 0.6 is 11.6 Å². The van der Waals surface area contributed by atoms with Crippen molar-refractivity contribution in [1.82, 2.24) is 9.97 Å². The van der Waals surface area contributed by atoms with Gasteiger partial charge < -0.3 is 19.6 Å². The molecule has 0 saturated carbocycles. The highest BCUT2D eigenvalue weighted by Gasteiger charge is 2.10. The van der Waals surface area contributed by atoms with Crippen molar-refractivity contribution >= 4 is 40.4 Å². The highest BCUT2D eigenvalue weighted by atomic mass is 35.5. The Morgan fingerprint density at radius 3 is 2.63 bits per heavy atom. The number of aromatic carboxylic acids is 1. The van der Waals surface area contributed by atoms with Crippen molar-refractivity contribution in [3.05, 3.63) is 71.5 Å². The zero-order valence-corrected chi connectivity index (χ0v) is 14.5. The Balaban J connectivity index is 1.56. The molecule has 2 heterocycles. The maximum Gasteiger partial charge on any atom is 0.354 e. The highest BCUT2D eigenvalue weighted by Crippen LogP contribution is 2.28. The molecule has 27 heavy (non-hydrogen) atoms. The molecule has 0 aliphatic heterocycles. The van der Waals surface area contributed by atoms with Crippen LogP contribution in [-0.4, -0.2) is 21.0 Å². The molecule has 0 aliphatic rings. The van der Waals surface area contributed by atoms with Gasteiger partial charge in [-0.2, -0.15) is 4.98 Å². The van der Waals surface area contributed by atoms with Crippen LogP contribution in [0.3, 0.4) is 0 Å². The summed E-state index contributed by atoms with van der Waals surface area (Å²) in [6, 6.07) is 15.6. The Morgan fingerprint density at radius 1 is 1.07 bits per heavy atom. The Kier molecular flexibility index (Phi) is 4.35. The quantitative estimate of drug-likeness (QED) is 0.495. The molecule has 0 aliphatic carbocycles. The largest absolute Gasteiger partial charge is 0.477 e. The number of nitrogens with one attached hydrogen (secondary N) is 1. The molecule has 4 rings (SSSR count). The van der Waals surface area contributed by atoms with Crippen molar-refractivity contribution in [1.29, 1.82) is 0 Å². The van der Waals surface area contributed by atoms with Gasteiger partial charge >= 0.3 is 5.97 Å². The molecule has 4 aromatic rings. The van der Waals surface area contributed by atoms with Gasteiger partial charge in [-0.25, -0.2) is 9.78 Å². The standard InChI is InChI=1S/C19H12ClN3O4/c20-11-1-3-12(4-2-11)22-19-23-15-9-13(5-6-17(15)27-19)26-14-7-8-21-16(10-14)18(24)25/h1-10H,(H,22,23)(H,24,25). The Labute approximate surface area is 158 Å². The summed E-state index contributed by atoms with van der Waals surface area (Å²) in [5.41, 5.74) is 1.88. The number of aromatic nitrogens is 2. The number of anilines is 2. The molecule has 0 amide bonds. The predicted molar refractivity (Wildman–Crippen MR) is 100 cm³/mol. The maximum atomic E-state index is 11.0. The van der Waals surface area contributed by atoms with Gasteiger partial charge in [0.05, 0.1) is 0 Å². The van der Waals surface area contributed by atoms with E-state index in [1.807, 2.05) is 12.1 Å². The monoisotopic (exact) mass is 381 g/mol. The van der Waals surface area contributed by atoms with Crippen LogP contribution in [0.5, 0.6) is 11.5 Å². The summed E-state index contributed by atoms with van der Waals surface area (Å²) in [4.78, 5) is 19.1. The molecule has 0 atom stereocenters. The number of nitrogens with zero attached hydrogens (tertiary/aromatic N) is 2. The summed E-state index contributed by atoms with van der Waals surface area (Å²) >= 11 is 5.87. The van der Waals surface area contributed by atoms with E-state index >= 15 is 0 Å². The first-order valence-corrected chi connectivity index (χ1v) is 8.25. The molecule has 8 heteroatoms. The van der Waals surface area contributed by atoms with E-state index in [4.69, 9.17) is 25.9 Å². The van der Waals surface area contributed by atoms with E-state index < -0.39 is 5.97 Å². The molecular weight excluding hydrogens is 370 g/mol. The van der Waals surface area contributed by atoms with Crippen molar-refractivity contribution in [2.24, 2.45) is 0 Å². The Morgan fingerprint density at radius 2 is 1.85 bits per heavy atom. The number of fused-ring (bicyclic) bond motifs is 1. The van der Waals surface area contributed by atoms with Crippen molar-refractivity contribution < 1.29 is 19.1 Å². The van der Waals surface area contributed by atoms with E-state index in [0.29, 0.717) is 33.6 Å². The number of carbonyl (C=O) groups is 1. The number of hydrogen-bond acceptors (Lipinski definition) is 6. The summed E-state index contributed by atoms with van der Waals surface area (Å²) in [6.07, 6.45) is 1.38. The second-order valence-electron chi connectivity index (χ2n) is 5.56. The zero-order valence-electron chi connectivity index (χ0n) is 13.7. The first-order valence-electron chi connectivity index (χ1n) is 7.87. The van der Waals surface area contributed by atoms with Gasteiger partial charge in [-0.3, -0.25) is 0 Å². The van der Waals surface area contributed by atoms with Gasteiger partial charge in [0.1, 0.15) is 17.0 Å². The van der Waals surface area contributed by atoms with Crippen molar-refractivity contribution in [3.63, 3.8) is 0 Å². The molecule has 2 aromatic heterocycles. The molecule has 0 saturated heterocycles. The lowest BCUT2D eigenvalue weighted by atomic mass is 10.3. The summed E-state index contributed by atoms with van der Waals surface area (Å²) in [5.74, 6) is -0.258. The fraction of sp³-hybridized carbons (Fsp3) is 0. The molecule has 0 unspecified atom stereocenters. The third kappa shape index (κ3) is 3.83. The number of hydrogen-bond donors (Lipinski definition) is 2. The third-order valence-electron chi connectivity index (χ3n) is 3.64. The van der Waals surface area contributed by atoms with Crippen molar-refractivity contribution in [3.8, 4) is 11.5 Å². The minimum Gasteiger partial charge on any atom is -0.477 e. The minimum atomic E-state index is -1.12. The minimum absolute atomic E-state index is 0.0931. The van der Waals surface area contributed by atoms with Gasteiger partial charge in [0.2, 0.25) is 0 Å². The molecule has 0 radical (unpaired) electrons. The molecule has 0 spiro atoms. The maximum absolute atomic E-state index is 11.0. The molecule has 0 fully saturated rings. The third-order valence-corrected chi connectivity index (χ3v) is 3.89. The van der Waals surface area contributed by atoms with Crippen LogP contribution in [-0.2, 0) is 0 Å². The van der Waals surface area contributed by atoms with Crippen LogP contribution < -0.4 is 10.1 Å². The smallest absolute Gasteiger partial charge is 0.354 e. The second-order valence-corrected chi connectivity index (χ2v) is 6.00. The van der Waals surface area contributed by atoms with Gasteiger partial charge in [-0.15, -0.1) is 0 Å². The number of carboxylic acid groups (broad SMARTS) is 1. The summed E-state index contributed by atoms with van der Waals surface area (Å²) < 4.78 is 11.4. The first-order chi connectivity index (χ1) is 13.1. The van der Waals surface area contributed by atoms with Gasteiger partial charge in [0.15, 0.2) is 11.3 Å². The fourth-order valence-electron chi connectivity index (χ4n) is 2.41. The normalized spacial score (nSPS) is 10.7. The van der Waals surface area contributed by atoms with Crippen molar-refractivity contribution in [2.75, 3.05) is 5.32 Å². The van der Waals surface area contributed by atoms with Gasteiger partial charge in [-0.05, 0) is 42.5 Å². The summed E-state index contributed by atoms with van der Waals surface area (Å²) in [5, 5.41) is 12.7. The molecule has 0 bridgehead atoms. The van der Waals surface area contributed by atoms with Crippen LogP contribution in [0.15, 0.2) is 65.2 Å². The van der Waals surface area contributed by atoms with Gasteiger partial charge in [0.25, 0.3) is 6.01 Å². The lowest BCUT2D eigenvalue weighted by Gasteiger charge is -2.05. The summed E-state index contributed by atoms with van der Waals surface area (Å²) in [7, 11) is 0. The number of halogens is 1. The van der Waals surface area contributed by atoms with E-state index in [1.54, 1.807) is 36.4 Å². The van der Waals surface area contributed by atoms with E-state index in [2.05, 4.69) is 15.3 Å². The van der Waals surface area contributed by atoms with Crippen LogP contribution in [0.4, 0.5) is 11.7 Å². The average Bonchev–Trinajstić information content (AvgIpc) is 3.05. The molecular formula is C19H12ClN3O4. The van der Waals surface area contributed by atoms with E-state index in [1.165, 1.54) is 12.3 Å². The topological polar surface area (TPSA) is 97.5 Å². The predicted octanol–water partition coefficient (Wildman–Crippen LogP) is 5.11. The molecule has 134 valence electrons. The van der Waals surface area contributed by atoms with E-state index in [-0.39, 0.29) is 5.69 Å². The van der Waals surface area contributed by atoms with Crippen LogP contribution in [0, 0.1) is 0 Å². The van der Waals surface area contributed by atoms with Crippen LogP contribution in [0.25, 0.3) is 11.1 Å². The number of carboxylic acids is 1. The highest BCUT2D eigenvalue weighted by molar-refractivity contribution is 6.30. The second kappa shape index (κ2) is 6.97. The summed E-state index contributed by atoms with van der Waals surface area (Å²) in [6.45, 7) is 0.